The number of aromatic hydroxyl groups is 1. The van der Waals surface area contributed by atoms with Crippen LogP contribution < -0.4 is 0 Å². The second-order valence-electron chi connectivity index (χ2n) is 4.04. The van der Waals surface area contributed by atoms with Gasteiger partial charge in [0.25, 0.3) is 0 Å². The van der Waals surface area contributed by atoms with Gasteiger partial charge in [0, 0.05) is 5.56 Å². The van der Waals surface area contributed by atoms with Crippen LogP contribution in [0.25, 0.3) is 0 Å². The van der Waals surface area contributed by atoms with Crippen molar-refractivity contribution in [2.75, 3.05) is 0 Å². The monoisotopic (exact) mass is 205 g/mol. The number of oxime groups is 1. The standard InChI is InChI=1S/C12H15NO2/c14-12-7-10(9-3-1-2-4-9)5-6-11(12)8-13-15/h5-9,14-15H,1-4H2/b13-8+. The third-order valence-electron chi connectivity index (χ3n) is 3.08. The number of phenols is 1. The van der Waals surface area contributed by atoms with Crippen LogP contribution in [0.4, 0.5) is 0 Å². The molecule has 80 valence electrons. The van der Waals surface area contributed by atoms with Crippen molar-refractivity contribution in [1.82, 2.24) is 0 Å². The molecule has 0 aromatic heterocycles. The maximum Gasteiger partial charge on any atom is 0.124 e. The summed E-state index contributed by atoms with van der Waals surface area (Å²) in [6.07, 6.45) is 6.24. The highest BCUT2D eigenvalue weighted by atomic mass is 16.4. The maximum absolute atomic E-state index is 9.68. The first kappa shape index (κ1) is 10.0. The third-order valence-corrected chi connectivity index (χ3v) is 3.08. The fourth-order valence-corrected chi connectivity index (χ4v) is 2.25. The maximum atomic E-state index is 9.68. The Morgan fingerprint density at radius 2 is 2.00 bits per heavy atom. The van der Waals surface area contributed by atoms with Crippen molar-refractivity contribution in [3.05, 3.63) is 29.3 Å². The number of rotatable bonds is 2. The molecule has 0 spiro atoms. The van der Waals surface area contributed by atoms with E-state index in [1.165, 1.54) is 37.5 Å². The van der Waals surface area contributed by atoms with E-state index in [0.717, 1.165) is 0 Å². The lowest BCUT2D eigenvalue weighted by atomic mass is 9.96. The van der Waals surface area contributed by atoms with Crippen molar-refractivity contribution in [2.45, 2.75) is 31.6 Å². The van der Waals surface area contributed by atoms with Gasteiger partial charge >= 0.3 is 0 Å². The molecule has 0 saturated heterocycles. The molecule has 1 aliphatic carbocycles. The van der Waals surface area contributed by atoms with Crippen LogP contribution in [0, 0.1) is 0 Å². The van der Waals surface area contributed by atoms with Gasteiger partial charge in [-0.25, -0.2) is 0 Å². The minimum atomic E-state index is 0.192. The molecule has 3 heteroatoms. The Balaban J connectivity index is 2.24. The molecular weight excluding hydrogens is 190 g/mol. The summed E-state index contributed by atoms with van der Waals surface area (Å²) >= 11 is 0. The lowest BCUT2D eigenvalue weighted by Crippen LogP contribution is -1.93. The van der Waals surface area contributed by atoms with E-state index in [2.05, 4.69) is 5.16 Å². The van der Waals surface area contributed by atoms with E-state index in [4.69, 9.17) is 5.21 Å². The molecule has 0 heterocycles. The first-order chi connectivity index (χ1) is 7.31. The number of hydrogen-bond acceptors (Lipinski definition) is 3. The highest BCUT2D eigenvalue weighted by molar-refractivity contribution is 5.83. The van der Waals surface area contributed by atoms with Crippen molar-refractivity contribution >= 4 is 6.21 Å². The van der Waals surface area contributed by atoms with Gasteiger partial charge in [0.05, 0.1) is 6.21 Å². The Labute approximate surface area is 89.1 Å². The zero-order valence-electron chi connectivity index (χ0n) is 8.56. The van der Waals surface area contributed by atoms with Crippen LogP contribution in [-0.2, 0) is 0 Å². The van der Waals surface area contributed by atoms with Gasteiger partial charge in [-0.2, -0.15) is 0 Å². The lowest BCUT2D eigenvalue weighted by molar-refractivity contribution is 0.321. The van der Waals surface area contributed by atoms with Gasteiger partial charge in [-0.15, -0.1) is 0 Å². The topological polar surface area (TPSA) is 52.8 Å². The summed E-state index contributed by atoms with van der Waals surface area (Å²) in [6, 6.07) is 5.59. The van der Waals surface area contributed by atoms with Crippen LogP contribution in [-0.4, -0.2) is 16.5 Å². The lowest BCUT2D eigenvalue weighted by Gasteiger charge is -2.10. The number of hydrogen-bond donors (Lipinski definition) is 2. The molecular formula is C12H15NO2. The second kappa shape index (κ2) is 4.34. The van der Waals surface area contributed by atoms with Crippen LogP contribution in [0.2, 0.25) is 0 Å². The van der Waals surface area contributed by atoms with E-state index in [0.29, 0.717) is 11.5 Å². The molecule has 1 aromatic carbocycles. The fraction of sp³-hybridized carbons (Fsp3) is 0.417. The average molecular weight is 205 g/mol. The van der Waals surface area contributed by atoms with Crippen LogP contribution in [0.3, 0.4) is 0 Å². The van der Waals surface area contributed by atoms with Crippen LogP contribution in [0.1, 0.15) is 42.7 Å². The average Bonchev–Trinajstić information content (AvgIpc) is 2.74. The molecule has 3 nitrogen and oxygen atoms in total. The predicted molar refractivity (Wildman–Crippen MR) is 58.7 cm³/mol. The second-order valence-corrected chi connectivity index (χ2v) is 4.04. The molecule has 2 rings (SSSR count). The van der Waals surface area contributed by atoms with Crippen molar-refractivity contribution in [3.8, 4) is 5.75 Å². The summed E-state index contributed by atoms with van der Waals surface area (Å²) in [5.74, 6) is 0.785. The van der Waals surface area contributed by atoms with Crippen molar-refractivity contribution < 1.29 is 10.3 Å². The molecule has 0 amide bonds. The Morgan fingerprint density at radius 1 is 1.27 bits per heavy atom. The van der Waals surface area contributed by atoms with Gasteiger partial charge in [0.15, 0.2) is 0 Å². The zero-order valence-corrected chi connectivity index (χ0v) is 8.56. The Bertz CT molecular complexity index is 368. The predicted octanol–water partition coefficient (Wildman–Crippen LogP) is 2.86. The summed E-state index contributed by atoms with van der Waals surface area (Å²) in [4.78, 5) is 0. The van der Waals surface area contributed by atoms with Gasteiger partial charge in [-0.05, 0) is 36.5 Å². The third kappa shape index (κ3) is 2.12. The van der Waals surface area contributed by atoms with E-state index in [-0.39, 0.29) is 5.75 Å². The van der Waals surface area contributed by atoms with Crippen LogP contribution >= 0.6 is 0 Å². The summed E-state index contributed by atoms with van der Waals surface area (Å²) in [7, 11) is 0. The van der Waals surface area contributed by atoms with Crippen LogP contribution in [0.5, 0.6) is 5.75 Å². The number of nitrogens with zero attached hydrogens (tertiary/aromatic N) is 1. The summed E-state index contributed by atoms with van der Waals surface area (Å²) in [5, 5.41) is 21.0. The van der Waals surface area contributed by atoms with Gasteiger partial charge in [0.2, 0.25) is 0 Å². The van der Waals surface area contributed by atoms with Crippen LogP contribution in [0.15, 0.2) is 23.4 Å². The first-order valence-electron chi connectivity index (χ1n) is 5.31. The molecule has 0 unspecified atom stereocenters. The molecule has 0 bridgehead atoms. The van der Waals surface area contributed by atoms with E-state index >= 15 is 0 Å². The molecule has 1 fully saturated rings. The summed E-state index contributed by atoms with van der Waals surface area (Å²) in [6.45, 7) is 0. The molecule has 2 N–H and O–H groups in total. The quantitative estimate of drug-likeness (QED) is 0.443. The minimum Gasteiger partial charge on any atom is -0.507 e. The molecule has 1 saturated carbocycles. The fourth-order valence-electron chi connectivity index (χ4n) is 2.25. The smallest absolute Gasteiger partial charge is 0.124 e. The highest BCUT2D eigenvalue weighted by Gasteiger charge is 2.17. The van der Waals surface area contributed by atoms with E-state index in [1.54, 1.807) is 12.1 Å². The van der Waals surface area contributed by atoms with Crippen molar-refractivity contribution in [2.24, 2.45) is 5.16 Å². The molecule has 0 radical (unpaired) electrons. The van der Waals surface area contributed by atoms with E-state index < -0.39 is 0 Å². The van der Waals surface area contributed by atoms with Gasteiger partial charge in [-0.3, -0.25) is 0 Å². The largest absolute Gasteiger partial charge is 0.507 e. The van der Waals surface area contributed by atoms with Gasteiger partial charge in [-0.1, -0.05) is 24.1 Å². The normalized spacial score (nSPS) is 17.6. The first-order valence-corrected chi connectivity index (χ1v) is 5.31. The SMILES string of the molecule is O/N=C/c1ccc(C2CCCC2)cc1O. The van der Waals surface area contributed by atoms with Gasteiger partial charge < -0.3 is 10.3 Å². The molecule has 0 atom stereocenters. The zero-order chi connectivity index (χ0) is 10.7. The van der Waals surface area contributed by atoms with Gasteiger partial charge in [0.1, 0.15) is 5.75 Å². The Hall–Kier alpha value is -1.51. The molecule has 0 aliphatic heterocycles. The summed E-state index contributed by atoms with van der Waals surface area (Å²) in [5.41, 5.74) is 1.75. The number of phenolic OH excluding ortho intramolecular Hbond substituents is 1. The highest BCUT2D eigenvalue weighted by Crippen LogP contribution is 2.35. The van der Waals surface area contributed by atoms with E-state index in [9.17, 15) is 5.11 Å². The molecule has 1 aromatic rings. The Morgan fingerprint density at radius 3 is 2.60 bits per heavy atom. The van der Waals surface area contributed by atoms with Crippen molar-refractivity contribution in [1.29, 1.82) is 0 Å². The molecule has 15 heavy (non-hydrogen) atoms. The van der Waals surface area contributed by atoms with Crippen molar-refractivity contribution in [3.63, 3.8) is 0 Å². The minimum absolute atomic E-state index is 0.192. The van der Waals surface area contributed by atoms with E-state index in [1.807, 2.05) is 6.07 Å². The summed E-state index contributed by atoms with van der Waals surface area (Å²) < 4.78 is 0. The number of benzene rings is 1. The molecule has 1 aliphatic rings. The Kier molecular flexibility index (Phi) is 2.90.